The van der Waals surface area contributed by atoms with Crippen LogP contribution in [0, 0.1) is 25.7 Å². The van der Waals surface area contributed by atoms with Gasteiger partial charge in [0.25, 0.3) is 0 Å². The van der Waals surface area contributed by atoms with Crippen molar-refractivity contribution in [3.05, 3.63) is 34.9 Å². The van der Waals surface area contributed by atoms with Gasteiger partial charge in [-0.2, -0.15) is 0 Å². The van der Waals surface area contributed by atoms with Crippen LogP contribution in [-0.2, 0) is 14.3 Å². The SMILES string of the molecule is CCC(C)C(NC(=O)OC(C)(C)C)C(=O)N(C(C(=O)NC(C)C)c1cc(C)ccc1C)C1CC1C. The highest BCUT2D eigenvalue weighted by Crippen LogP contribution is 2.42. The van der Waals surface area contributed by atoms with E-state index >= 15 is 0 Å². The minimum atomic E-state index is -0.804. The molecule has 1 aromatic carbocycles. The molecule has 1 saturated carbocycles. The molecule has 0 spiro atoms. The quantitative estimate of drug-likeness (QED) is 0.510. The molecule has 1 aliphatic carbocycles. The number of hydrogen-bond acceptors (Lipinski definition) is 4. The molecule has 1 aliphatic rings. The molecule has 196 valence electrons. The number of benzene rings is 1. The summed E-state index contributed by atoms with van der Waals surface area (Å²) in [5.74, 6) is -0.317. The summed E-state index contributed by atoms with van der Waals surface area (Å²) >= 11 is 0. The summed E-state index contributed by atoms with van der Waals surface area (Å²) in [6.07, 6.45) is 0.878. The van der Waals surface area contributed by atoms with Crippen molar-refractivity contribution >= 4 is 17.9 Å². The largest absolute Gasteiger partial charge is 0.444 e. The van der Waals surface area contributed by atoms with E-state index in [-0.39, 0.29) is 35.7 Å². The number of alkyl carbamates (subject to hydrolysis) is 1. The van der Waals surface area contributed by atoms with Gasteiger partial charge < -0.3 is 20.3 Å². The van der Waals surface area contributed by atoms with Crippen LogP contribution in [0.3, 0.4) is 0 Å². The molecule has 5 atom stereocenters. The molecule has 2 rings (SSSR count). The van der Waals surface area contributed by atoms with Gasteiger partial charge in [0.1, 0.15) is 17.7 Å². The van der Waals surface area contributed by atoms with Gasteiger partial charge in [0.05, 0.1) is 0 Å². The molecule has 7 heteroatoms. The molecule has 0 aliphatic heterocycles. The smallest absolute Gasteiger partial charge is 0.408 e. The van der Waals surface area contributed by atoms with Crippen LogP contribution >= 0.6 is 0 Å². The Morgan fingerprint density at radius 3 is 2.20 bits per heavy atom. The van der Waals surface area contributed by atoms with Crippen LogP contribution in [0.25, 0.3) is 0 Å². The third kappa shape index (κ3) is 7.71. The molecule has 3 amide bonds. The third-order valence-electron chi connectivity index (χ3n) is 6.52. The fourth-order valence-electron chi connectivity index (χ4n) is 4.29. The lowest BCUT2D eigenvalue weighted by molar-refractivity contribution is -0.144. The molecule has 1 fully saturated rings. The monoisotopic (exact) mass is 487 g/mol. The Labute approximate surface area is 211 Å². The molecule has 1 aromatic rings. The van der Waals surface area contributed by atoms with Gasteiger partial charge in [-0.05, 0) is 77.8 Å². The minimum absolute atomic E-state index is 0.0719. The normalized spacial score (nSPS) is 20.0. The van der Waals surface area contributed by atoms with E-state index in [9.17, 15) is 14.4 Å². The van der Waals surface area contributed by atoms with E-state index in [2.05, 4.69) is 17.6 Å². The minimum Gasteiger partial charge on any atom is -0.444 e. The van der Waals surface area contributed by atoms with Gasteiger partial charge in [-0.1, -0.05) is 51.0 Å². The van der Waals surface area contributed by atoms with Crippen molar-refractivity contribution in [3.63, 3.8) is 0 Å². The summed E-state index contributed by atoms with van der Waals surface area (Å²) in [5, 5.41) is 5.86. The van der Waals surface area contributed by atoms with Crippen molar-refractivity contribution < 1.29 is 19.1 Å². The number of nitrogens with zero attached hydrogens (tertiary/aromatic N) is 1. The maximum absolute atomic E-state index is 14.2. The van der Waals surface area contributed by atoms with Crippen LogP contribution in [0.2, 0.25) is 0 Å². The van der Waals surface area contributed by atoms with Crippen LogP contribution < -0.4 is 10.6 Å². The van der Waals surface area contributed by atoms with E-state index in [1.54, 1.807) is 25.7 Å². The first-order valence-electron chi connectivity index (χ1n) is 12.8. The second-order valence-corrected chi connectivity index (χ2v) is 11.5. The summed E-state index contributed by atoms with van der Waals surface area (Å²) in [5.41, 5.74) is 2.10. The zero-order valence-electron chi connectivity index (χ0n) is 23.2. The fraction of sp³-hybridized carbons (Fsp3) is 0.679. The van der Waals surface area contributed by atoms with Crippen LogP contribution in [0.15, 0.2) is 18.2 Å². The molecule has 2 N–H and O–H groups in total. The van der Waals surface area contributed by atoms with E-state index in [4.69, 9.17) is 4.74 Å². The molecule has 35 heavy (non-hydrogen) atoms. The number of amides is 3. The van der Waals surface area contributed by atoms with E-state index in [0.29, 0.717) is 6.42 Å². The summed E-state index contributed by atoms with van der Waals surface area (Å²) in [6.45, 7) is 19.2. The second kappa shape index (κ2) is 11.4. The summed E-state index contributed by atoms with van der Waals surface area (Å²) in [6, 6.07) is 4.26. The van der Waals surface area contributed by atoms with Crippen molar-refractivity contribution in [2.24, 2.45) is 11.8 Å². The van der Waals surface area contributed by atoms with Crippen LogP contribution in [0.4, 0.5) is 4.79 Å². The van der Waals surface area contributed by atoms with Gasteiger partial charge in [0.15, 0.2) is 0 Å². The van der Waals surface area contributed by atoms with Crippen LogP contribution in [0.5, 0.6) is 0 Å². The highest BCUT2D eigenvalue weighted by Gasteiger charge is 2.49. The third-order valence-corrected chi connectivity index (χ3v) is 6.52. The lowest BCUT2D eigenvalue weighted by atomic mass is 9.93. The van der Waals surface area contributed by atoms with Crippen molar-refractivity contribution in [1.82, 2.24) is 15.5 Å². The Morgan fingerprint density at radius 2 is 1.71 bits per heavy atom. The lowest BCUT2D eigenvalue weighted by Gasteiger charge is -2.37. The second-order valence-electron chi connectivity index (χ2n) is 11.5. The van der Waals surface area contributed by atoms with Crippen molar-refractivity contribution in [1.29, 1.82) is 0 Å². The zero-order chi connectivity index (χ0) is 26.7. The Kier molecular flexibility index (Phi) is 9.37. The fourth-order valence-corrected chi connectivity index (χ4v) is 4.29. The molecule has 0 saturated heterocycles. The predicted octanol–water partition coefficient (Wildman–Crippen LogP) is 5.05. The summed E-state index contributed by atoms with van der Waals surface area (Å²) in [4.78, 5) is 42.3. The maximum Gasteiger partial charge on any atom is 0.408 e. The Hall–Kier alpha value is -2.57. The standard InChI is InChI=1S/C28H45N3O4/c1-11-18(5)23(30-27(34)35-28(8,9)10)26(33)31(22-15-20(22)7)24(25(32)29-16(2)3)21-14-17(4)12-13-19(21)6/h12-14,16,18,20,22-24H,11,15H2,1-10H3,(H,29,32)(H,30,34). The van der Waals surface area contributed by atoms with Crippen LogP contribution in [0.1, 0.15) is 91.0 Å². The molecule has 5 unspecified atom stereocenters. The predicted molar refractivity (Wildman–Crippen MR) is 139 cm³/mol. The first-order chi connectivity index (χ1) is 16.2. The molecule has 0 radical (unpaired) electrons. The van der Waals surface area contributed by atoms with E-state index in [0.717, 1.165) is 23.1 Å². The van der Waals surface area contributed by atoms with Crippen molar-refractivity contribution in [2.45, 2.75) is 112 Å². The highest BCUT2D eigenvalue weighted by atomic mass is 16.6. The number of aryl methyl sites for hydroxylation is 2. The van der Waals surface area contributed by atoms with Gasteiger partial charge in [-0.25, -0.2) is 4.79 Å². The first-order valence-corrected chi connectivity index (χ1v) is 12.8. The van der Waals surface area contributed by atoms with Gasteiger partial charge in [-0.3, -0.25) is 9.59 Å². The first kappa shape index (κ1) is 28.7. The number of ether oxygens (including phenoxy) is 1. The van der Waals surface area contributed by atoms with Gasteiger partial charge >= 0.3 is 6.09 Å². The molecular formula is C28H45N3O4. The molecular weight excluding hydrogens is 442 g/mol. The van der Waals surface area contributed by atoms with Gasteiger partial charge in [0.2, 0.25) is 11.8 Å². The Bertz CT molecular complexity index is 921. The molecule has 0 heterocycles. The number of carbonyl (C=O) groups is 3. The Balaban J connectivity index is 2.56. The summed E-state index contributed by atoms with van der Waals surface area (Å²) in [7, 11) is 0. The van der Waals surface area contributed by atoms with Crippen LogP contribution in [-0.4, -0.2) is 46.5 Å². The zero-order valence-corrected chi connectivity index (χ0v) is 23.2. The van der Waals surface area contributed by atoms with E-state index in [1.165, 1.54) is 0 Å². The average Bonchev–Trinajstić information content (AvgIpc) is 3.45. The van der Waals surface area contributed by atoms with E-state index in [1.807, 2.05) is 59.7 Å². The average molecular weight is 488 g/mol. The lowest BCUT2D eigenvalue weighted by Crippen LogP contribution is -2.56. The number of nitrogens with one attached hydrogen (secondary N) is 2. The van der Waals surface area contributed by atoms with E-state index < -0.39 is 23.8 Å². The topological polar surface area (TPSA) is 87.7 Å². The summed E-state index contributed by atoms with van der Waals surface area (Å²) < 4.78 is 5.47. The molecule has 0 aromatic heterocycles. The maximum atomic E-state index is 14.2. The van der Waals surface area contributed by atoms with Gasteiger partial charge in [-0.15, -0.1) is 0 Å². The van der Waals surface area contributed by atoms with Crippen molar-refractivity contribution in [2.75, 3.05) is 0 Å². The van der Waals surface area contributed by atoms with Gasteiger partial charge in [0, 0.05) is 12.1 Å². The number of carbonyl (C=O) groups excluding carboxylic acids is 3. The number of rotatable bonds is 9. The molecule has 7 nitrogen and oxygen atoms in total. The molecule has 0 bridgehead atoms. The highest BCUT2D eigenvalue weighted by molar-refractivity contribution is 5.93. The Morgan fingerprint density at radius 1 is 1.11 bits per heavy atom. The number of hydrogen-bond donors (Lipinski definition) is 2. The van der Waals surface area contributed by atoms with Crippen molar-refractivity contribution in [3.8, 4) is 0 Å².